The third-order valence-corrected chi connectivity index (χ3v) is 3.16. The van der Waals surface area contributed by atoms with Crippen LogP contribution in [0.2, 0.25) is 0 Å². The van der Waals surface area contributed by atoms with Crippen molar-refractivity contribution in [2.45, 2.75) is 18.9 Å². The number of rotatable bonds is 5. The van der Waals surface area contributed by atoms with Gasteiger partial charge in [-0.2, -0.15) is 0 Å². The maximum atomic E-state index is 13.6. The Morgan fingerprint density at radius 3 is 2.28 bits per heavy atom. The number of hydrogen-bond acceptors (Lipinski definition) is 1. The molecule has 2 heteroatoms. The fourth-order valence-corrected chi connectivity index (χ4v) is 2.10. The molecule has 1 atom stereocenters. The SMILES string of the molecule is CNC(Cc1ccccc1)Cc1ccccc1F. The summed E-state index contributed by atoms with van der Waals surface area (Å²) in [4.78, 5) is 0. The second-order valence-corrected chi connectivity index (χ2v) is 4.47. The minimum Gasteiger partial charge on any atom is -0.316 e. The lowest BCUT2D eigenvalue weighted by Crippen LogP contribution is -2.30. The van der Waals surface area contributed by atoms with E-state index in [1.165, 1.54) is 11.6 Å². The van der Waals surface area contributed by atoms with E-state index in [9.17, 15) is 4.39 Å². The molecule has 0 saturated heterocycles. The van der Waals surface area contributed by atoms with Gasteiger partial charge in [0.05, 0.1) is 0 Å². The van der Waals surface area contributed by atoms with Gasteiger partial charge < -0.3 is 5.32 Å². The Hall–Kier alpha value is -1.67. The van der Waals surface area contributed by atoms with E-state index in [1.807, 2.05) is 37.4 Å². The summed E-state index contributed by atoms with van der Waals surface area (Å²) in [6.07, 6.45) is 1.61. The summed E-state index contributed by atoms with van der Waals surface area (Å²) >= 11 is 0. The summed E-state index contributed by atoms with van der Waals surface area (Å²) in [5, 5.41) is 3.26. The van der Waals surface area contributed by atoms with Crippen LogP contribution in [0.3, 0.4) is 0 Å². The second-order valence-electron chi connectivity index (χ2n) is 4.47. The van der Waals surface area contributed by atoms with Gasteiger partial charge in [-0.1, -0.05) is 48.5 Å². The van der Waals surface area contributed by atoms with Gasteiger partial charge in [0.15, 0.2) is 0 Å². The zero-order chi connectivity index (χ0) is 12.8. The minimum atomic E-state index is -0.120. The lowest BCUT2D eigenvalue weighted by atomic mass is 9.99. The molecule has 0 heterocycles. The van der Waals surface area contributed by atoms with Crippen molar-refractivity contribution in [3.63, 3.8) is 0 Å². The largest absolute Gasteiger partial charge is 0.316 e. The molecule has 0 aliphatic heterocycles. The van der Waals surface area contributed by atoms with Crippen LogP contribution in [-0.2, 0) is 12.8 Å². The molecule has 0 aromatic heterocycles. The van der Waals surface area contributed by atoms with Crippen LogP contribution in [0.1, 0.15) is 11.1 Å². The number of hydrogen-bond donors (Lipinski definition) is 1. The van der Waals surface area contributed by atoms with Crippen LogP contribution in [0.4, 0.5) is 4.39 Å². The maximum Gasteiger partial charge on any atom is 0.126 e. The van der Waals surface area contributed by atoms with E-state index < -0.39 is 0 Å². The Balaban J connectivity index is 2.04. The molecule has 1 unspecified atom stereocenters. The van der Waals surface area contributed by atoms with E-state index in [2.05, 4.69) is 17.4 Å². The quantitative estimate of drug-likeness (QED) is 0.850. The first-order chi connectivity index (χ1) is 8.79. The number of nitrogens with one attached hydrogen (secondary N) is 1. The number of halogens is 1. The molecule has 1 N–H and O–H groups in total. The maximum absolute atomic E-state index is 13.6. The predicted molar refractivity (Wildman–Crippen MR) is 73.1 cm³/mol. The van der Waals surface area contributed by atoms with Crippen LogP contribution in [0.25, 0.3) is 0 Å². The molecule has 0 aliphatic carbocycles. The van der Waals surface area contributed by atoms with Gasteiger partial charge in [0.1, 0.15) is 5.82 Å². The van der Waals surface area contributed by atoms with E-state index >= 15 is 0 Å². The van der Waals surface area contributed by atoms with Crippen molar-refractivity contribution in [2.75, 3.05) is 7.05 Å². The van der Waals surface area contributed by atoms with Crippen LogP contribution >= 0.6 is 0 Å². The third kappa shape index (κ3) is 3.41. The smallest absolute Gasteiger partial charge is 0.126 e. The van der Waals surface area contributed by atoms with Crippen molar-refractivity contribution in [1.82, 2.24) is 5.32 Å². The van der Waals surface area contributed by atoms with Gasteiger partial charge in [-0.25, -0.2) is 4.39 Å². The van der Waals surface area contributed by atoms with Crippen molar-refractivity contribution in [3.05, 3.63) is 71.5 Å². The zero-order valence-corrected chi connectivity index (χ0v) is 10.6. The normalized spacial score (nSPS) is 12.3. The van der Waals surface area contributed by atoms with Gasteiger partial charge in [-0.15, -0.1) is 0 Å². The van der Waals surface area contributed by atoms with E-state index in [0.717, 1.165) is 12.0 Å². The van der Waals surface area contributed by atoms with Crippen LogP contribution in [0.15, 0.2) is 54.6 Å². The molecule has 2 aromatic carbocycles. The molecule has 2 aromatic rings. The highest BCUT2D eigenvalue weighted by molar-refractivity contribution is 5.21. The summed E-state index contributed by atoms with van der Waals surface area (Å²) in [5.74, 6) is -0.120. The summed E-state index contributed by atoms with van der Waals surface area (Å²) in [6.45, 7) is 0. The van der Waals surface area contributed by atoms with Crippen LogP contribution in [-0.4, -0.2) is 13.1 Å². The van der Waals surface area contributed by atoms with Gasteiger partial charge in [0.25, 0.3) is 0 Å². The summed E-state index contributed by atoms with van der Waals surface area (Å²) < 4.78 is 13.6. The van der Waals surface area contributed by atoms with E-state index in [1.54, 1.807) is 6.07 Å². The van der Waals surface area contributed by atoms with E-state index in [4.69, 9.17) is 0 Å². The third-order valence-electron chi connectivity index (χ3n) is 3.16. The Bertz CT molecular complexity index is 481. The van der Waals surface area contributed by atoms with Crippen molar-refractivity contribution in [3.8, 4) is 0 Å². The van der Waals surface area contributed by atoms with Gasteiger partial charge in [0, 0.05) is 6.04 Å². The molecule has 0 bridgehead atoms. The van der Waals surface area contributed by atoms with Crippen molar-refractivity contribution in [1.29, 1.82) is 0 Å². The first kappa shape index (κ1) is 12.8. The Morgan fingerprint density at radius 2 is 1.61 bits per heavy atom. The average molecular weight is 243 g/mol. The highest BCUT2D eigenvalue weighted by Crippen LogP contribution is 2.12. The van der Waals surface area contributed by atoms with Gasteiger partial charge in [-0.05, 0) is 37.1 Å². The average Bonchev–Trinajstić information content (AvgIpc) is 2.41. The molecule has 0 fully saturated rings. The van der Waals surface area contributed by atoms with Gasteiger partial charge >= 0.3 is 0 Å². The molecule has 0 amide bonds. The minimum absolute atomic E-state index is 0.120. The van der Waals surface area contributed by atoms with Crippen molar-refractivity contribution >= 4 is 0 Å². The molecule has 0 spiro atoms. The standard InChI is InChI=1S/C16H18FN/c1-18-15(11-13-7-3-2-4-8-13)12-14-9-5-6-10-16(14)17/h2-10,15,18H,11-12H2,1H3. The summed E-state index contributed by atoms with van der Waals surface area (Å²) in [6, 6.07) is 17.5. The first-order valence-electron chi connectivity index (χ1n) is 6.24. The predicted octanol–water partition coefficient (Wildman–Crippen LogP) is 3.20. The van der Waals surface area contributed by atoms with Crippen LogP contribution < -0.4 is 5.32 Å². The number of likely N-dealkylation sites (N-methyl/N-ethyl adjacent to an activating group) is 1. The topological polar surface area (TPSA) is 12.0 Å². The van der Waals surface area contributed by atoms with Gasteiger partial charge in [0.2, 0.25) is 0 Å². The molecule has 94 valence electrons. The van der Waals surface area contributed by atoms with E-state index in [0.29, 0.717) is 6.42 Å². The highest BCUT2D eigenvalue weighted by atomic mass is 19.1. The Morgan fingerprint density at radius 1 is 0.944 bits per heavy atom. The molecule has 18 heavy (non-hydrogen) atoms. The fourth-order valence-electron chi connectivity index (χ4n) is 2.10. The Labute approximate surface area is 108 Å². The lowest BCUT2D eigenvalue weighted by Gasteiger charge is -2.16. The van der Waals surface area contributed by atoms with E-state index in [-0.39, 0.29) is 11.9 Å². The van der Waals surface area contributed by atoms with Crippen molar-refractivity contribution < 1.29 is 4.39 Å². The second kappa shape index (κ2) is 6.31. The zero-order valence-electron chi connectivity index (χ0n) is 10.6. The lowest BCUT2D eigenvalue weighted by molar-refractivity contribution is 0.532. The van der Waals surface area contributed by atoms with Crippen molar-refractivity contribution in [2.24, 2.45) is 0 Å². The van der Waals surface area contributed by atoms with Crippen LogP contribution in [0.5, 0.6) is 0 Å². The molecular weight excluding hydrogens is 225 g/mol. The monoisotopic (exact) mass is 243 g/mol. The summed E-state index contributed by atoms with van der Waals surface area (Å²) in [5.41, 5.74) is 2.04. The Kier molecular flexibility index (Phi) is 4.48. The summed E-state index contributed by atoms with van der Waals surface area (Å²) in [7, 11) is 1.93. The first-order valence-corrected chi connectivity index (χ1v) is 6.24. The molecule has 2 rings (SSSR count). The van der Waals surface area contributed by atoms with Crippen LogP contribution in [0, 0.1) is 5.82 Å². The molecule has 0 saturated carbocycles. The highest BCUT2D eigenvalue weighted by Gasteiger charge is 2.10. The molecule has 1 nitrogen and oxygen atoms in total. The number of benzene rings is 2. The van der Waals surface area contributed by atoms with Gasteiger partial charge in [-0.3, -0.25) is 0 Å². The molecule has 0 aliphatic rings. The molecule has 0 radical (unpaired) electrons. The molecular formula is C16H18FN. The fraction of sp³-hybridized carbons (Fsp3) is 0.250.